The third-order valence-corrected chi connectivity index (χ3v) is 12.6. The van der Waals surface area contributed by atoms with Crippen LogP contribution in [-0.4, -0.2) is 135 Å². The Balaban J connectivity index is 1.41. The average Bonchev–Trinajstić information content (AvgIpc) is 3.71. The second-order valence-electron chi connectivity index (χ2n) is 14.1. The second kappa shape index (κ2) is 22.5. The van der Waals surface area contributed by atoms with Gasteiger partial charge in [-0.1, -0.05) is 32.0 Å². The van der Waals surface area contributed by atoms with E-state index in [2.05, 4.69) is 34.4 Å². The number of nitrogens with one attached hydrogen (secondary N) is 2. The third kappa shape index (κ3) is 16.5. The SMILES string of the molecule is CC(N)C(=O)CCCCCC(=O)SCCNC(=O)CCNC(=O)C(O)C(C)(C)COP(=O)(O)OP(=O)(O)OCC1OC(n2cnc3c(N)ncnc32)C(O)C1OP(=O)(O)O. The Morgan fingerprint density at radius 2 is 1.65 bits per heavy atom. The molecule has 1 fully saturated rings. The van der Waals surface area contributed by atoms with Gasteiger partial charge in [0.15, 0.2) is 22.8 Å². The summed E-state index contributed by atoms with van der Waals surface area (Å²) in [5.74, 6) is -1.21. The maximum absolute atomic E-state index is 12.7. The summed E-state index contributed by atoms with van der Waals surface area (Å²) >= 11 is 1.05. The number of ketones is 1. The molecule has 0 spiro atoms. The van der Waals surface area contributed by atoms with Gasteiger partial charge >= 0.3 is 23.5 Å². The number of Topliss-reactive ketones (excluding diaryl/α,β-unsaturated/α-hetero) is 1. The number of nitrogen functional groups attached to an aromatic ring is 1. The van der Waals surface area contributed by atoms with Crippen LogP contribution in [-0.2, 0) is 55.5 Å². The van der Waals surface area contributed by atoms with Gasteiger partial charge in [0.25, 0.3) is 0 Å². The van der Waals surface area contributed by atoms with Gasteiger partial charge in [-0.15, -0.1) is 0 Å². The van der Waals surface area contributed by atoms with Crippen molar-refractivity contribution < 1.29 is 85.3 Å². The third-order valence-electron chi connectivity index (χ3n) is 8.58. The number of carbonyl (C=O) groups excluding carboxylic acids is 4. The highest BCUT2D eigenvalue weighted by Crippen LogP contribution is 2.61. The van der Waals surface area contributed by atoms with E-state index in [1.54, 1.807) is 6.92 Å². The lowest BCUT2D eigenvalue weighted by Crippen LogP contribution is -2.46. The number of aliphatic hydroxyl groups excluding tert-OH is 2. The van der Waals surface area contributed by atoms with Crippen molar-refractivity contribution in [3.63, 3.8) is 0 Å². The molecule has 0 bridgehead atoms. The summed E-state index contributed by atoms with van der Waals surface area (Å²) in [6.07, 6.45) is -4.30. The number of hydrogen-bond acceptors (Lipinski definition) is 20. The van der Waals surface area contributed by atoms with Gasteiger partial charge in [0, 0.05) is 43.5 Å². The molecule has 340 valence electrons. The molecule has 12 N–H and O–H groups in total. The fraction of sp³-hybridized carbons (Fsp3) is 0.700. The predicted octanol–water partition coefficient (Wildman–Crippen LogP) is -0.468. The molecule has 26 nitrogen and oxygen atoms in total. The highest BCUT2D eigenvalue weighted by atomic mass is 32.2. The quantitative estimate of drug-likeness (QED) is 0.0421. The minimum Gasteiger partial charge on any atom is -0.386 e. The summed E-state index contributed by atoms with van der Waals surface area (Å²) in [5.41, 5.74) is 9.75. The van der Waals surface area contributed by atoms with Crippen molar-refractivity contribution in [3.8, 4) is 0 Å². The van der Waals surface area contributed by atoms with E-state index in [0.29, 0.717) is 37.9 Å². The van der Waals surface area contributed by atoms with Crippen LogP contribution in [0.15, 0.2) is 12.7 Å². The number of aromatic nitrogens is 4. The molecule has 1 aliphatic rings. The standard InChI is InChI=1S/C30H51N8O18P3S/c1-17(31)18(39)7-5-4-6-8-21(41)60-12-11-33-20(40)9-10-34-28(44)25(43)30(2,3)14-53-59(50,51)56-58(48,49)52-13-19-24(55-57(45,46)47)23(42)29(54-19)38-16-37-22-26(32)35-15-36-27(22)38/h15-17,19,23-25,29,42-43H,4-14,31H2,1-3H3,(H,33,40)(H,34,44)(H,48,49)(H,50,51)(H2,32,35,36)(H2,45,46,47). The fourth-order valence-electron chi connectivity index (χ4n) is 5.34. The molecule has 60 heavy (non-hydrogen) atoms. The van der Waals surface area contributed by atoms with E-state index in [4.69, 9.17) is 25.3 Å². The molecule has 0 aliphatic carbocycles. The van der Waals surface area contributed by atoms with Gasteiger partial charge in [-0.3, -0.25) is 37.3 Å². The number of unbranched alkanes of at least 4 members (excludes halogenated alkanes) is 2. The van der Waals surface area contributed by atoms with Crippen molar-refractivity contribution in [1.29, 1.82) is 0 Å². The first-order valence-corrected chi connectivity index (χ1v) is 23.7. The topological polar surface area (TPSA) is 407 Å². The van der Waals surface area contributed by atoms with Crippen LogP contribution in [0, 0.1) is 5.41 Å². The van der Waals surface area contributed by atoms with Crippen LogP contribution < -0.4 is 22.1 Å². The van der Waals surface area contributed by atoms with E-state index in [1.807, 2.05) is 0 Å². The first-order chi connectivity index (χ1) is 27.8. The number of anilines is 1. The number of fused-ring (bicyclic) bond motifs is 1. The number of aliphatic hydroxyl groups is 2. The fourth-order valence-corrected chi connectivity index (χ4v) is 8.89. The van der Waals surface area contributed by atoms with Crippen LogP contribution in [0.3, 0.4) is 0 Å². The number of rotatable bonds is 26. The summed E-state index contributed by atoms with van der Waals surface area (Å²) in [4.78, 5) is 99.3. The van der Waals surface area contributed by atoms with Gasteiger partial charge in [0.2, 0.25) is 11.8 Å². The lowest BCUT2D eigenvalue weighted by molar-refractivity contribution is -0.137. The average molecular weight is 937 g/mol. The lowest BCUT2D eigenvalue weighted by atomic mass is 9.87. The largest absolute Gasteiger partial charge is 0.481 e. The van der Waals surface area contributed by atoms with Gasteiger partial charge in [-0.2, -0.15) is 4.31 Å². The van der Waals surface area contributed by atoms with Crippen LogP contribution >= 0.6 is 35.2 Å². The van der Waals surface area contributed by atoms with E-state index in [0.717, 1.165) is 29.0 Å². The molecule has 3 rings (SSSR count). The first kappa shape index (κ1) is 51.5. The van der Waals surface area contributed by atoms with Crippen LogP contribution in [0.1, 0.15) is 65.5 Å². The monoisotopic (exact) mass is 936 g/mol. The van der Waals surface area contributed by atoms with Crippen molar-refractivity contribution in [2.45, 2.75) is 96.0 Å². The van der Waals surface area contributed by atoms with Crippen LogP contribution in [0.5, 0.6) is 0 Å². The number of phosphoric acid groups is 3. The van der Waals surface area contributed by atoms with Crippen LogP contribution in [0.4, 0.5) is 5.82 Å². The van der Waals surface area contributed by atoms with E-state index in [9.17, 15) is 62.7 Å². The molecule has 2 amide bonds. The van der Waals surface area contributed by atoms with E-state index in [-0.39, 0.29) is 47.4 Å². The first-order valence-electron chi connectivity index (χ1n) is 18.2. The summed E-state index contributed by atoms with van der Waals surface area (Å²) in [7, 11) is -16.4. The summed E-state index contributed by atoms with van der Waals surface area (Å²) in [6.45, 7) is 2.03. The number of nitrogens with two attached hydrogens (primary N) is 2. The Labute approximate surface area is 347 Å². The summed E-state index contributed by atoms with van der Waals surface area (Å²) in [5, 5.41) is 26.3. The highest BCUT2D eigenvalue weighted by molar-refractivity contribution is 8.13. The maximum Gasteiger partial charge on any atom is 0.481 e. The highest BCUT2D eigenvalue weighted by Gasteiger charge is 2.50. The number of phosphoric ester groups is 3. The van der Waals surface area contributed by atoms with E-state index < -0.39 is 90.6 Å². The number of imidazole rings is 1. The zero-order valence-electron chi connectivity index (χ0n) is 32.7. The molecule has 1 aliphatic heterocycles. The second-order valence-corrected chi connectivity index (χ2v) is 19.5. The minimum absolute atomic E-state index is 0.0249. The van der Waals surface area contributed by atoms with Crippen molar-refractivity contribution in [3.05, 3.63) is 12.7 Å². The summed E-state index contributed by atoms with van der Waals surface area (Å²) < 4.78 is 62.2. The van der Waals surface area contributed by atoms with E-state index in [1.165, 1.54) is 13.8 Å². The Hall–Kier alpha value is -2.81. The predicted molar refractivity (Wildman–Crippen MR) is 209 cm³/mol. The Morgan fingerprint density at radius 3 is 2.32 bits per heavy atom. The molecule has 0 aromatic carbocycles. The van der Waals surface area contributed by atoms with Crippen molar-refractivity contribution in [1.82, 2.24) is 30.2 Å². The number of nitrogens with zero attached hydrogens (tertiary/aromatic N) is 4. The number of amides is 2. The zero-order chi connectivity index (χ0) is 45.1. The van der Waals surface area contributed by atoms with Gasteiger partial charge in [-0.25, -0.2) is 28.6 Å². The smallest absolute Gasteiger partial charge is 0.386 e. The number of ether oxygens (including phenoxy) is 1. The molecular weight excluding hydrogens is 885 g/mol. The Bertz CT molecular complexity index is 1950. The molecule has 1 saturated heterocycles. The molecule has 2 aromatic rings. The van der Waals surface area contributed by atoms with Gasteiger partial charge in [-0.05, 0) is 19.8 Å². The van der Waals surface area contributed by atoms with Crippen LogP contribution in [0.2, 0.25) is 0 Å². The van der Waals surface area contributed by atoms with Crippen molar-refractivity contribution in [2.24, 2.45) is 11.1 Å². The number of thioether (sulfide) groups is 1. The molecule has 3 heterocycles. The van der Waals surface area contributed by atoms with Crippen LogP contribution in [0.25, 0.3) is 11.2 Å². The molecular formula is C30H51N8O18P3S. The zero-order valence-corrected chi connectivity index (χ0v) is 36.2. The maximum atomic E-state index is 12.7. The van der Waals surface area contributed by atoms with Gasteiger partial charge in [0.1, 0.15) is 42.0 Å². The normalized spacial score (nSPS) is 21.5. The molecule has 30 heteroatoms. The molecule has 0 saturated carbocycles. The molecule has 2 aromatic heterocycles. The molecule has 8 atom stereocenters. The van der Waals surface area contributed by atoms with E-state index >= 15 is 0 Å². The van der Waals surface area contributed by atoms with Crippen molar-refractivity contribution in [2.75, 3.05) is 37.8 Å². The molecule has 0 radical (unpaired) electrons. The Kier molecular flexibility index (Phi) is 19.3. The number of hydrogen-bond donors (Lipinski definition) is 10. The van der Waals surface area contributed by atoms with Gasteiger partial charge in [0.05, 0.1) is 25.6 Å². The lowest BCUT2D eigenvalue weighted by Gasteiger charge is -2.30. The van der Waals surface area contributed by atoms with Crippen molar-refractivity contribution >= 4 is 74.9 Å². The Morgan fingerprint density at radius 1 is 0.983 bits per heavy atom. The molecule has 8 unspecified atom stereocenters. The van der Waals surface area contributed by atoms with Gasteiger partial charge < -0.3 is 56.6 Å². The number of carbonyl (C=O) groups is 4. The minimum atomic E-state index is -5.58. The summed E-state index contributed by atoms with van der Waals surface area (Å²) in [6, 6.07) is -0.504.